The van der Waals surface area contributed by atoms with Crippen LogP contribution in [-0.2, 0) is 0 Å². The lowest BCUT2D eigenvalue weighted by atomic mass is 10.00. The topological polar surface area (TPSA) is 12.0 Å². The third-order valence-corrected chi connectivity index (χ3v) is 2.76. The molecule has 1 N–H and O–H groups in total. The van der Waals surface area contributed by atoms with E-state index >= 15 is 0 Å². The third-order valence-electron chi connectivity index (χ3n) is 2.76. The Balaban J connectivity index is 2.31. The molecule has 0 aliphatic heterocycles. The van der Waals surface area contributed by atoms with Gasteiger partial charge in [-0.15, -0.1) is 0 Å². The fourth-order valence-corrected chi connectivity index (χ4v) is 2.23. The van der Waals surface area contributed by atoms with E-state index in [0.29, 0.717) is 6.04 Å². The van der Waals surface area contributed by atoms with Crippen LogP contribution < -0.4 is 5.32 Å². The first-order chi connectivity index (χ1) is 5.68. The van der Waals surface area contributed by atoms with Crippen molar-refractivity contribution in [2.24, 2.45) is 5.92 Å². The highest BCUT2D eigenvalue weighted by molar-refractivity contribution is 4.75. The second-order valence-electron chi connectivity index (χ2n) is 4.64. The summed E-state index contributed by atoms with van der Waals surface area (Å²) in [6.07, 6.45) is 7.09. The van der Waals surface area contributed by atoms with E-state index in [1.54, 1.807) is 0 Å². The van der Waals surface area contributed by atoms with Crippen molar-refractivity contribution < 1.29 is 0 Å². The van der Waals surface area contributed by atoms with Crippen LogP contribution >= 0.6 is 0 Å². The monoisotopic (exact) mass is 169 g/mol. The predicted molar refractivity (Wildman–Crippen MR) is 54.3 cm³/mol. The second-order valence-corrected chi connectivity index (χ2v) is 4.64. The molecule has 0 spiro atoms. The van der Waals surface area contributed by atoms with Crippen molar-refractivity contribution in [3.63, 3.8) is 0 Å². The van der Waals surface area contributed by atoms with Crippen molar-refractivity contribution in [2.45, 2.75) is 65.0 Å². The summed E-state index contributed by atoms with van der Waals surface area (Å²) in [5.41, 5.74) is 0. The quantitative estimate of drug-likeness (QED) is 0.627. The Kier molecular flexibility index (Phi) is 4.07. The summed E-state index contributed by atoms with van der Waals surface area (Å²) in [4.78, 5) is 0. The zero-order valence-corrected chi connectivity index (χ0v) is 8.77. The molecule has 72 valence electrons. The Morgan fingerprint density at radius 2 is 1.83 bits per heavy atom. The minimum absolute atomic E-state index is 0.653. The molecule has 0 saturated heterocycles. The van der Waals surface area contributed by atoms with Crippen molar-refractivity contribution in [3.05, 3.63) is 0 Å². The molecule has 0 aromatic heterocycles. The molecule has 2 atom stereocenters. The van der Waals surface area contributed by atoms with Gasteiger partial charge in [0.25, 0.3) is 0 Å². The van der Waals surface area contributed by atoms with Gasteiger partial charge in [0.2, 0.25) is 0 Å². The Morgan fingerprint density at radius 1 is 1.17 bits per heavy atom. The molecule has 1 aliphatic rings. The molecule has 0 heterocycles. The first kappa shape index (κ1) is 10.0. The van der Waals surface area contributed by atoms with Gasteiger partial charge < -0.3 is 5.32 Å². The largest absolute Gasteiger partial charge is 0.312 e. The zero-order chi connectivity index (χ0) is 8.97. The van der Waals surface area contributed by atoms with Gasteiger partial charge in [0, 0.05) is 12.1 Å². The van der Waals surface area contributed by atoms with E-state index in [4.69, 9.17) is 0 Å². The molecular weight excluding hydrogens is 146 g/mol. The summed E-state index contributed by atoms with van der Waals surface area (Å²) in [5.74, 6) is 0.934. The molecule has 1 saturated carbocycles. The molecule has 1 fully saturated rings. The van der Waals surface area contributed by atoms with Gasteiger partial charge in [0.15, 0.2) is 0 Å². The molecule has 0 radical (unpaired) electrons. The average molecular weight is 169 g/mol. The van der Waals surface area contributed by atoms with E-state index in [9.17, 15) is 0 Å². The number of nitrogens with one attached hydrogen (secondary N) is 1. The number of hydrogen-bond acceptors (Lipinski definition) is 1. The average Bonchev–Trinajstić information content (AvgIpc) is 2.12. The lowest BCUT2D eigenvalue weighted by Gasteiger charge is -2.21. The third kappa shape index (κ3) is 3.57. The van der Waals surface area contributed by atoms with Gasteiger partial charge in [0.05, 0.1) is 0 Å². The molecule has 1 nitrogen and oxygen atoms in total. The molecule has 1 aliphatic carbocycles. The molecule has 0 bridgehead atoms. The van der Waals surface area contributed by atoms with Crippen LogP contribution in [0.15, 0.2) is 0 Å². The Bertz CT molecular complexity index is 120. The predicted octanol–water partition coefficient (Wildman–Crippen LogP) is 2.95. The Labute approximate surface area is 76.9 Å². The molecular formula is C11H23N. The normalized spacial score (nSPS) is 32.0. The summed E-state index contributed by atoms with van der Waals surface area (Å²) >= 11 is 0. The van der Waals surface area contributed by atoms with E-state index < -0.39 is 0 Å². The van der Waals surface area contributed by atoms with Gasteiger partial charge in [-0.3, -0.25) is 0 Å². The van der Waals surface area contributed by atoms with Gasteiger partial charge in [-0.2, -0.15) is 0 Å². The molecule has 0 aromatic rings. The Morgan fingerprint density at radius 3 is 2.50 bits per heavy atom. The zero-order valence-electron chi connectivity index (χ0n) is 8.77. The van der Waals surface area contributed by atoms with Gasteiger partial charge >= 0.3 is 0 Å². The summed E-state index contributed by atoms with van der Waals surface area (Å²) in [5, 5.41) is 3.65. The van der Waals surface area contributed by atoms with Crippen molar-refractivity contribution in [3.8, 4) is 0 Å². The Hall–Kier alpha value is -0.0400. The van der Waals surface area contributed by atoms with Gasteiger partial charge in [-0.1, -0.05) is 40.0 Å². The first-order valence-corrected chi connectivity index (χ1v) is 5.44. The molecule has 0 unspecified atom stereocenters. The van der Waals surface area contributed by atoms with Crippen LogP contribution in [0.1, 0.15) is 52.9 Å². The molecule has 1 rings (SSSR count). The van der Waals surface area contributed by atoms with Crippen molar-refractivity contribution in [1.29, 1.82) is 0 Å². The standard InChI is InChI=1S/C11H23N/c1-9(2)12-11-7-5-4-6-10(3)8-11/h9-12H,4-8H2,1-3H3/t10-,11+/m0/s1. The van der Waals surface area contributed by atoms with Gasteiger partial charge in [0.1, 0.15) is 0 Å². The fourth-order valence-electron chi connectivity index (χ4n) is 2.23. The van der Waals surface area contributed by atoms with Crippen LogP contribution in [-0.4, -0.2) is 12.1 Å². The number of hydrogen-bond donors (Lipinski definition) is 1. The summed E-state index contributed by atoms with van der Waals surface area (Å²) < 4.78 is 0. The number of rotatable bonds is 2. The highest BCUT2D eigenvalue weighted by Gasteiger charge is 2.16. The maximum atomic E-state index is 3.65. The second kappa shape index (κ2) is 4.86. The van der Waals surface area contributed by atoms with Crippen LogP contribution in [0, 0.1) is 5.92 Å². The van der Waals surface area contributed by atoms with Gasteiger partial charge in [-0.05, 0) is 18.8 Å². The lowest BCUT2D eigenvalue weighted by molar-refractivity contribution is 0.381. The smallest absolute Gasteiger partial charge is 0.00719 e. The molecule has 0 amide bonds. The minimum atomic E-state index is 0.653. The van der Waals surface area contributed by atoms with E-state index in [0.717, 1.165) is 12.0 Å². The maximum Gasteiger partial charge on any atom is 0.00719 e. The van der Waals surface area contributed by atoms with Crippen LogP contribution in [0.25, 0.3) is 0 Å². The van der Waals surface area contributed by atoms with Crippen LogP contribution in [0.5, 0.6) is 0 Å². The van der Waals surface area contributed by atoms with E-state index in [2.05, 4.69) is 26.1 Å². The summed E-state index contributed by atoms with van der Waals surface area (Å²) in [6.45, 7) is 6.88. The van der Waals surface area contributed by atoms with Crippen LogP contribution in [0.4, 0.5) is 0 Å². The van der Waals surface area contributed by atoms with E-state index in [1.807, 2.05) is 0 Å². The van der Waals surface area contributed by atoms with Crippen molar-refractivity contribution in [2.75, 3.05) is 0 Å². The minimum Gasteiger partial charge on any atom is -0.312 e. The fraction of sp³-hybridized carbons (Fsp3) is 1.00. The van der Waals surface area contributed by atoms with Crippen LogP contribution in [0.2, 0.25) is 0 Å². The van der Waals surface area contributed by atoms with E-state index in [-0.39, 0.29) is 0 Å². The van der Waals surface area contributed by atoms with Crippen LogP contribution in [0.3, 0.4) is 0 Å². The maximum absolute atomic E-state index is 3.65. The van der Waals surface area contributed by atoms with Gasteiger partial charge in [-0.25, -0.2) is 0 Å². The molecule has 12 heavy (non-hydrogen) atoms. The molecule has 1 heteroatoms. The highest BCUT2D eigenvalue weighted by atomic mass is 14.9. The first-order valence-electron chi connectivity index (χ1n) is 5.44. The summed E-state index contributed by atoms with van der Waals surface area (Å²) in [7, 11) is 0. The van der Waals surface area contributed by atoms with E-state index in [1.165, 1.54) is 32.1 Å². The lowest BCUT2D eigenvalue weighted by Crippen LogP contribution is -2.35. The van der Waals surface area contributed by atoms with Crippen molar-refractivity contribution in [1.82, 2.24) is 5.32 Å². The summed E-state index contributed by atoms with van der Waals surface area (Å²) in [6, 6.07) is 1.45. The SMILES string of the molecule is CC(C)N[C@@H]1CCCC[C@H](C)C1. The molecule has 0 aromatic carbocycles. The highest BCUT2D eigenvalue weighted by Crippen LogP contribution is 2.22. The van der Waals surface area contributed by atoms with Crippen molar-refractivity contribution >= 4 is 0 Å².